The van der Waals surface area contributed by atoms with Crippen molar-refractivity contribution in [2.24, 2.45) is 0 Å². The monoisotopic (exact) mass is 380 g/mol. The summed E-state index contributed by atoms with van der Waals surface area (Å²) in [7, 11) is 0. The van der Waals surface area contributed by atoms with Crippen molar-refractivity contribution < 1.29 is 18.6 Å². The van der Waals surface area contributed by atoms with Crippen LogP contribution in [0.25, 0.3) is 10.8 Å². The third-order valence-electron chi connectivity index (χ3n) is 2.96. The number of thiophene rings is 1. The van der Waals surface area contributed by atoms with Gasteiger partial charge in [0.2, 0.25) is 6.79 Å². The molecule has 0 fully saturated rings. The summed E-state index contributed by atoms with van der Waals surface area (Å²) < 4.78 is 22.8. The molecule has 1 aliphatic heterocycles. The van der Waals surface area contributed by atoms with Gasteiger partial charge in [-0.05, 0) is 40.2 Å². The number of aromatic nitrogens is 2. The third-order valence-corrected chi connectivity index (χ3v) is 4.57. The largest absolute Gasteiger partial charge is 0.484 e. The van der Waals surface area contributed by atoms with Crippen molar-refractivity contribution in [3.05, 3.63) is 40.0 Å². The Labute approximate surface area is 137 Å². The maximum absolute atomic E-state index is 5.63. The quantitative estimate of drug-likeness (QED) is 0.684. The molecule has 3 heterocycles. The predicted octanol–water partition coefficient (Wildman–Crippen LogP) is 3.87. The molecular formula is C14H9BrN2O4S. The molecule has 112 valence electrons. The number of ether oxygens (including phenoxy) is 3. The number of rotatable bonds is 4. The van der Waals surface area contributed by atoms with Crippen molar-refractivity contribution in [3.63, 3.8) is 0 Å². The van der Waals surface area contributed by atoms with Gasteiger partial charge in [0.25, 0.3) is 11.8 Å². The molecule has 0 unspecified atom stereocenters. The zero-order valence-electron chi connectivity index (χ0n) is 11.1. The summed E-state index contributed by atoms with van der Waals surface area (Å²) in [5.41, 5.74) is 0. The summed E-state index contributed by atoms with van der Waals surface area (Å²) in [5.74, 6) is 2.95. The molecule has 0 saturated heterocycles. The van der Waals surface area contributed by atoms with Crippen molar-refractivity contribution >= 4 is 27.3 Å². The number of halogens is 1. The number of benzene rings is 1. The van der Waals surface area contributed by atoms with E-state index >= 15 is 0 Å². The van der Waals surface area contributed by atoms with Gasteiger partial charge in [0.05, 0.1) is 8.66 Å². The van der Waals surface area contributed by atoms with Gasteiger partial charge in [-0.3, -0.25) is 0 Å². The van der Waals surface area contributed by atoms with Gasteiger partial charge in [-0.2, -0.15) is 0 Å². The molecule has 0 N–H and O–H groups in total. The molecule has 0 amide bonds. The standard InChI is InChI=1S/C14H9BrN2O4S/c15-12-4-3-11(22-12)14-17-16-13(21-14)6-18-8-1-2-9-10(5-8)20-7-19-9/h1-5H,6-7H2. The van der Waals surface area contributed by atoms with Gasteiger partial charge < -0.3 is 18.6 Å². The van der Waals surface area contributed by atoms with Gasteiger partial charge in [0.15, 0.2) is 18.1 Å². The number of fused-ring (bicyclic) bond motifs is 1. The van der Waals surface area contributed by atoms with Crippen LogP contribution < -0.4 is 14.2 Å². The van der Waals surface area contributed by atoms with Crippen molar-refractivity contribution in [3.8, 4) is 28.0 Å². The van der Waals surface area contributed by atoms with Crippen molar-refractivity contribution in [2.75, 3.05) is 6.79 Å². The molecule has 4 rings (SSSR count). The molecule has 0 aliphatic carbocycles. The SMILES string of the molecule is Brc1ccc(-c2nnc(COc3ccc4c(c3)OCO4)o2)s1. The van der Waals surface area contributed by atoms with Crippen LogP contribution in [0.3, 0.4) is 0 Å². The smallest absolute Gasteiger partial charge is 0.257 e. The third kappa shape index (κ3) is 2.67. The van der Waals surface area contributed by atoms with E-state index in [1.54, 1.807) is 18.2 Å². The van der Waals surface area contributed by atoms with Gasteiger partial charge in [0, 0.05) is 6.07 Å². The summed E-state index contributed by atoms with van der Waals surface area (Å²) in [5, 5.41) is 8.00. The Balaban J connectivity index is 1.45. The van der Waals surface area contributed by atoms with Crippen LogP contribution in [0.1, 0.15) is 5.89 Å². The lowest BCUT2D eigenvalue weighted by Crippen LogP contribution is -1.95. The van der Waals surface area contributed by atoms with Crippen LogP contribution in [0.4, 0.5) is 0 Å². The van der Waals surface area contributed by atoms with Gasteiger partial charge >= 0.3 is 0 Å². The van der Waals surface area contributed by atoms with E-state index in [9.17, 15) is 0 Å². The summed E-state index contributed by atoms with van der Waals surface area (Å²) >= 11 is 4.94. The molecule has 6 nitrogen and oxygen atoms in total. The molecule has 0 radical (unpaired) electrons. The van der Waals surface area contributed by atoms with Crippen LogP contribution in [-0.4, -0.2) is 17.0 Å². The first-order chi connectivity index (χ1) is 10.8. The van der Waals surface area contributed by atoms with E-state index in [4.69, 9.17) is 18.6 Å². The summed E-state index contributed by atoms with van der Waals surface area (Å²) in [6.45, 7) is 0.432. The van der Waals surface area contributed by atoms with Gasteiger partial charge in [0.1, 0.15) is 5.75 Å². The minimum absolute atomic E-state index is 0.194. The molecule has 0 bridgehead atoms. The lowest BCUT2D eigenvalue weighted by molar-refractivity contribution is 0.173. The molecule has 0 atom stereocenters. The van der Waals surface area contributed by atoms with E-state index in [2.05, 4.69) is 26.1 Å². The van der Waals surface area contributed by atoms with Crippen LogP contribution in [0.2, 0.25) is 0 Å². The lowest BCUT2D eigenvalue weighted by Gasteiger charge is -2.03. The van der Waals surface area contributed by atoms with Crippen LogP contribution in [0.15, 0.2) is 38.5 Å². The first kappa shape index (κ1) is 13.6. The average Bonchev–Trinajstić information content (AvgIpc) is 3.24. The fourth-order valence-corrected chi connectivity index (χ4v) is 3.26. The van der Waals surface area contributed by atoms with Crippen LogP contribution in [0.5, 0.6) is 17.2 Å². The van der Waals surface area contributed by atoms with Crippen LogP contribution >= 0.6 is 27.3 Å². The van der Waals surface area contributed by atoms with E-state index in [-0.39, 0.29) is 13.4 Å². The minimum atomic E-state index is 0.194. The maximum atomic E-state index is 5.63. The summed E-state index contributed by atoms with van der Waals surface area (Å²) in [6.07, 6.45) is 0. The molecular weight excluding hydrogens is 372 g/mol. The molecule has 3 aromatic rings. The second kappa shape index (κ2) is 5.62. The molecule has 0 spiro atoms. The Kier molecular flexibility index (Phi) is 3.47. The Morgan fingerprint density at radius 2 is 2.05 bits per heavy atom. The molecule has 8 heteroatoms. The first-order valence-electron chi connectivity index (χ1n) is 6.38. The van der Waals surface area contributed by atoms with Gasteiger partial charge in [-0.1, -0.05) is 0 Å². The minimum Gasteiger partial charge on any atom is -0.484 e. The zero-order valence-corrected chi connectivity index (χ0v) is 13.5. The highest BCUT2D eigenvalue weighted by atomic mass is 79.9. The topological polar surface area (TPSA) is 66.6 Å². The second-order valence-electron chi connectivity index (χ2n) is 4.41. The number of hydrogen-bond donors (Lipinski definition) is 0. The lowest BCUT2D eigenvalue weighted by atomic mass is 10.3. The van der Waals surface area contributed by atoms with E-state index in [1.165, 1.54) is 11.3 Å². The Hall–Kier alpha value is -2.06. The van der Waals surface area contributed by atoms with Gasteiger partial charge in [-0.15, -0.1) is 21.5 Å². The molecule has 2 aromatic heterocycles. The molecule has 22 heavy (non-hydrogen) atoms. The van der Waals surface area contributed by atoms with E-state index in [0.717, 1.165) is 14.4 Å². The molecule has 1 aliphatic rings. The van der Waals surface area contributed by atoms with Crippen LogP contribution in [-0.2, 0) is 6.61 Å². The molecule has 1 aromatic carbocycles. The van der Waals surface area contributed by atoms with Gasteiger partial charge in [-0.25, -0.2) is 0 Å². The average molecular weight is 381 g/mol. The van der Waals surface area contributed by atoms with Crippen LogP contribution in [0, 0.1) is 0 Å². The first-order valence-corrected chi connectivity index (χ1v) is 7.99. The second-order valence-corrected chi connectivity index (χ2v) is 6.87. The predicted molar refractivity (Wildman–Crippen MR) is 82.2 cm³/mol. The normalized spacial score (nSPS) is 12.6. The number of hydrogen-bond acceptors (Lipinski definition) is 7. The van der Waals surface area contributed by atoms with E-state index in [1.807, 2.05) is 12.1 Å². The Morgan fingerprint density at radius 1 is 1.14 bits per heavy atom. The number of nitrogens with zero attached hydrogens (tertiary/aromatic N) is 2. The highest BCUT2D eigenvalue weighted by Gasteiger charge is 2.15. The maximum Gasteiger partial charge on any atom is 0.257 e. The Bertz CT molecular complexity index is 817. The van der Waals surface area contributed by atoms with Crippen molar-refractivity contribution in [2.45, 2.75) is 6.61 Å². The fourth-order valence-electron chi connectivity index (χ4n) is 1.95. The van der Waals surface area contributed by atoms with E-state index < -0.39 is 0 Å². The van der Waals surface area contributed by atoms with E-state index in [0.29, 0.717) is 23.3 Å². The highest BCUT2D eigenvalue weighted by molar-refractivity contribution is 9.11. The van der Waals surface area contributed by atoms with Crippen molar-refractivity contribution in [1.29, 1.82) is 0 Å². The van der Waals surface area contributed by atoms with Crippen molar-refractivity contribution in [1.82, 2.24) is 10.2 Å². The highest BCUT2D eigenvalue weighted by Crippen LogP contribution is 2.35. The Morgan fingerprint density at radius 3 is 2.91 bits per heavy atom. The summed E-state index contributed by atoms with van der Waals surface area (Å²) in [6, 6.07) is 9.25. The zero-order chi connectivity index (χ0) is 14.9. The summed E-state index contributed by atoms with van der Waals surface area (Å²) in [4.78, 5) is 0.911. The fraction of sp³-hybridized carbons (Fsp3) is 0.143. The molecule has 0 saturated carbocycles.